The predicted molar refractivity (Wildman–Crippen MR) is 59.4 cm³/mol. The molecule has 1 rings (SSSR count). The molecule has 0 radical (unpaired) electrons. The van der Waals surface area contributed by atoms with Crippen molar-refractivity contribution in [1.29, 1.82) is 0 Å². The minimum absolute atomic E-state index is 0.0885. The molecule has 0 aliphatic heterocycles. The number of carbonyl (C=O) groups is 1. The van der Waals surface area contributed by atoms with Gasteiger partial charge in [0.05, 0.1) is 6.61 Å². The van der Waals surface area contributed by atoms with Crippen molar-refractivity contribution in [3.63, 3.8) is 0 Å². The highest BCUT2D eigenvalue weighted by atomic mass is 16.5. The first-order valence-electron chi connectivity index (χ1n) is 5.69. The maximum Gasteiger partial charge on any atom is 0.223 e. The van der Waals surface area contributed by atoms with E-state index < -0.39 is 0 Å². The number of hydrogen-bond donors (Lipinski definition) is 2. The lowest BCUT2D eigenvalue weighted by atomic mass is 9.77. The van der Waals surface area contributed by atoms with Gasteiger partial charge in [0.15, 0.2) is 0 Å². The molecule has 0 saturated heterocycles. The van der Waals surface area contributed by atoms with Gasteiger partial charge >= 0.3 is 0 Å². The molecule has 1 aliphatic carbocycles. The van der Waals surface area contributed by atoms with Gasteiger partial charge in [0.1, 0.15) is 0 Å². The van der Waals surface area contributed by atoms with E-state index in [1.165, 1.54) is 0 Å². The van der Waals surface area contributed by atoms with Gasteiger partial charge in [0.25, 0.3) is 0 Å². The Balaban J connectivity index is 2.37. The lowest BCUT2D eigenvalue weighted by Gasteiger charge is -2.32. The molecule has 0 bridgehead atoms. The third-order valence-corrected chi connectivity index (χ3v) is 3.30. The highest BCUT2D eigenvalue weighted by Crippen LogP contribution is 2.28. The fourth-order valence-electron chi connectivity index (χ4n) is 2.17. The van der Waals surface area contributed by atoms with Crippen LogP contribution in [-0.4, -0.2) is 32.2 Å². The van der Waals surface area contributed by atoms with E-state index in [0.29, 0.717) is 19.1 Å². The van der Waals surface area contributed by atoms with Gasteiger partial charge in [-0.05, 0) is 18.8 Å². The predicted octanol–water partition coefficient (Wildman–Crippen LogP) is 0.513. The van der Waals surface area contributed by atoms with Gasteiger partial charge in [-0.3, -0.25) is 4.79 Å². The van der Waals surface area contributed by atoms with Crippen LogP contribution in [-0.2, 0) is 9.53 Å². The van der Waals surface area contributed by atoms with Gasteiger partial charge in [-0.1, -0.05) is 13.3 Å². The van der Waals surface area contributed by atoms with Crippen molar-refractivity contribution in [2.45, 2.75) is 32.2 Å². The van der Waals surface area contributed by atoms with Crippen molar-refractivity contribution in [2.24, 2.45) is 17.6 Å². The van der Waals surface area contributed by atoms with Crippen molar-refractivity contribution in [1.82, 2.24) is 5.32 Å². The molecule has 15 heavy (non-hydrogen) atoms. The first-order valence-corrected chi connectivity index (χ1v) is 5.69. The molecule has 0 heterocycles. The Morgan fingerprint density at radius 2 is 2.27 bits per heavy atom. The number of nitrogens with one attached hydrogen (secondary N) is 1. The SMILES string of the molecule is COCCNC(=O)C1CCCC(N)C1C. The number of amides is 1. The summed E-state index contributed by atoms with van der Waals surface area (Å²) in [5.41, 5.74) is 5.96. The average molecular weight is 214 g/mol. The molecule has 88 valence electrons. The Bertz CT molecular complexity index is 209. The van der Waals surface area contributed by atoms with Crippen molar-refractivity contribution in [2.75, 3.05) is 20.3 Å². The molecule has 0 aromatic carbocycles. The standard InChI is InChI=1S/C11H22N2O2/c1-8-9(4-3-5-10(8)12)11(14)13-6-7-15-2/h8-10H,3-7,12H2,1-2H3,(H,13,14). The Kier molecular flexibility index (Phi) is 5.05. The molecule has 1 saturated carbocycles. The van der Waals surface area contributed by atoms with E-state index in [-0.39, 0.29) is 17.9 Å². The molecule has 3 unspecified atom stereocenters. The number of ether oxygens (including phenoxy) is 1. The number of hydrogen-bond acceptors (Lipinski definition) is 3. The monoisotopic (exact) mass is 214 g/mol. The van der Waals surface area contributed by atoms with E-state index in [2.05, 4.69) is 12.2 Å². The fraction of sp³-hybridized carbons (Fsp3) is 0.909. The summed E-state index contributed by atoms with van der Waals surface area (Å²) >= 11 is 0. The summed E-state index contributed by atoms with van der Waals surface area (Å²) in [4.78, 5) is 11.8. The second-order valence-corrected chi connectivity index (χ2v) is 4.34. The highest BCUT2D eigenvalue weighted by Gasteiger charge is 2.32. The van der Waals surface area contributed by atoms with Crippen LogP contribution in [0.5, 0.6) is 0 Å². The van der Waals surface area contributed by atoms with E-state index in [9.17, 15) is 4.79 Å². The highest BCUT2D eigenvalue weighted by molar-refractivity contribution is 5.79. The third kappa shape index (κ3) is 3.47. The second kappa shape index (κ2) is 6.08. The zero-order valence-corrected chi connectivity index (χ0v) is 9.66. The first kappa shape index (κ1) is 12.5. The molecule has 0 aromatic rings. The Hall–Kier alpha value is -0.610. The topological polar surface area (TPSA) is 64.3 Å². The van der Waals surface area contributed by atoms with Crippen molar-refractivity contribution < 1.29 is 9.53 Å². The van der Waals surface area contributed by atoms with E-state index in [0.717, 1.165) is 19.3 Å². The molecule has 4 nitrogen and oxygen atoms in total. The molecule has 1 amide bonds. The van der Waals surface area contributed by atoms with Gasteiger partial charge in [0, 0.05) is 25.6 Å². The van der Waals surface area contributed by atoms with E-state index in [1.807, 2.05) is 0 Å². The quantitative estimate of drug-likeness (QED) is 0.670. The van der Waals surface area contributed by atoms with Gasteiger partial charge in [-0.2, -0.15) is 0 Å². The number of nitrogens with two attached hydrogens (primary N) is 1. The van der Waals surface area contributed by atoms with Crippen molar-refractivity contribution in [3.8, 4) is 0 Å². The van der Waals surface area contributed by atoms with Crippen LogP contribution in [0.2, 0.25) is 0 Å². The van der Waals surface area contributed by atoms with Gasteiger partial charge in [-0.25, -0.2) is 0 Å². The van der Waals surface area contributed by atoms with E-state index in [4.69, 9.17) is 10.5 Å². The number of rotatable bonds is 4. The third-order valence-electron chi connectivity index (χ3n) is 3.30. The van der Waals surface area contributed by atoms with Crippen LogP contribution in [0.25, 0.3) is 0 Å². The maximum absolute atomic E-state index is 11.8. The zero-order valence-electron chi connectivity index (χ0n) is 9.66. The Labute approximate surface area is 91.5 Å². The normalized spacial score (nSPS) is 31.3. The van der Waals surface area contributed by atoms with Crippen LogP contribution in [0.15, 0.2) is 0 Å². The van der Waals surface area contributed by atoms with Crippen LogP contribution in [0.4, 0.5) is 0 Å². The minimum Gasteiger partial charge on any atom is -0.383 e. The molecular weight excluding hydrogens is 192 g/mol. The molecule has 4 heteroatoms. The molecule has 0 spiro atoms. The Morgan fingerprint density at radius 1 is 1.53 bits per heavy atom. The summed E-state index contributed by atoms with van der Waals surface area (Å²) < 4.78 is 4.89. The fourth-order valence-corrected chi connectivity index (χ4v) is 2.17. The molecular formula is C11H22N2O2. The van der Waals surface area contributed by atoms with Crippen molar-refractivity contribution >= 4 is 5.91 Å². The molecule has 1 fully saturated rings. The van der Waals surface area contributed by atoms with Crippen LogP contribution >= 0.6 is 0 Å². The number of methoxy groups -OCH3 is 1. The average Bonchev–Trinajstić information content (AvgIpc) is 2.22. The lowest BCUT2D eigenvalue weighted by Crippen LogP contribution is -2.44. The lowest BCUT2D eigenvalue weighted by molar-refractivity contribution is -0.128. The van der Waals surface area contributed by atoms with Crippen LogP contribution < -0.4 is 11.1 Å². The minimum atomic E-state index is 0.0885. The molecule has 1 aliphatic rings. The van der Waals surface area contributed by atoms with Crippen LogP contribution in [0.3, 0.4) is 0 Å². The second-order valence-electron chi connectivity index (χ2n) is 4.34. The van der Waals surface area contributed by atoms with Crippen LogP contribution in [0.1, 0.15) is 26.2 Å². The van der Waals surface area contributed by atoms with Gasteiger partial charge in [0.2, 0.25) is 5.91 Å². The zero-order chi connectivity index (χ0) is 11.3. The Morgan fingerprint density at radius 3 is 2.93 bits per heavy atom. The summed E-state index contributed by atoms with van der Waals surface area (Å²) in [6, 6.07) is 0.178. The summed E-state index contributed by atoms with van der Waals surface area (Å²) in [5.74, 6) is 0.515. The number of carbonyl (C=O) groups excluding carboxylic acids is 1. The molecule has 3 atom stereocenters. The van der Waals surface area contributed by atoms with Crippen molar-refractivity contribution in [3.05, 3.63) is 0 Å². The van der Waals surface area contributed by atoms with E-state index in [1.54, 1.807) is 7.11 Å². The van der Waals surface area contributed by atoms with Crippen LogP contribution in [0, 0.1) is 11.8 Å². The summed E-state index contributed by atoms with van der Waals surface area (Å²) in [7, 11) is 1.63. The largest absolute Gasteiger partial charge is 0.383 e. The van der Waals surface area contributed by atoms with E-state index >= 15 is 0 Å². The summed E-state index contributed by atoms with van der Waals surface area (Å²) in [6.07, 6.45) is 3.07. The van der Waals surface area contributed by atoms with Gasteiger partial charge in [-0.15, -0.1) is 0 Å². The van der Waals surface area contributed by atoms with Gasteiger partial charge < -0.3 is 15.8 Å². The summed E-state index contributed by atoms with van der Waals surface area (Å²) in [5, 5.41) is 2.88. The summed E-state index contributed by atoms with van der Waals surface area (Å²) in [6.45, 7) is 3.23. The molecule has 0 aromatic heterocycles. The maximum atomic E-state index is 11.8. The first-order chi connectivity index (χ1) is 7.16. The smallest absolute Gasteiger partial charge is 0.223 e. The molecule has 3 N–H and O–H groups in total.